The summed E-state index contributed by atoms with van der Waals surface area (Å²) >= 11 is 0. The van der Waals surface area contributed by atoms with Gasteiger partial charge in [-0.2, -0.15) is 0 Å². The van der Waals surface area contributed by atoms with Crippen molar-refractivity contribution in [2.24, 2.45) is 0 Å². The molecule has 0 saturated heterocycles. The van der Waals surface area contributed by atoms with Crippen LogP contribution in [0.5, 0.6) is 0 Å². The molecule has 1 atom stereocenters. The fourth-order valence-corrected chi connectivity index (χ4v) is 3.25. The number of ether oxygens (including phenoxy) is 2. The molecule has 0 aliphatic carbocycles. The number of nitrogens with one attached hydrogen (secondary N) is 1. The van der Waals surface area contributed by atoms with Crippen LogP contribution in [0.3, 0.4) is 0 Å². The second-order valence-corrected chi connectivity index (χ2v) is 6.62. The van der Waals surface area contributed by atoms with Crippen molar-refractivity contribution in [2.45, 2.75) is 33.3 Å². The number of rotatable bonds is 11. The highest BCUT2D eigenvalue weighted by Crippen LogP contribution is 2.24. The van der Waals surface area contributed by atoms with Gasteiger partial charge in [-0.15, -0.1) is 12.4 Å². The van der Waals surface area contributed by atoms with E-state index in [0.29, 0.717) is 26.4 Å². The molecule has 156 valence electrons. The molecule has 0 radical (unpaired) electrons. The molecule has 3 nitrogen and oxygen atoms in total. The summed E-state index contributed by atoms with van der Waals surface area (Å²) in [5, 5.41) is 3.39. The Bertz CT molecular complexity index is 687. The maximum atomic E-state index is 13.8. The van der Waals surface area contributed by atoms with Crippen molar-refractivity contribution in [3.8, 4) is 0 Å². The second-order valence-electron chi connectivity index (χ2n) is 6.62. The van der Waals surface area contributed by atoms with Gasteiger partial charge in [0.25, 0.3) is 0 Å². The lowest BCUT2D eigenvalue weighted by molar-refractivity contribution is 0.0999. The zero-order valence-corrected chi connectivity index (χ0v) is 17.6. The van der Waals surface area contributed by atoms with E-state index in [4.69, 9.17) is 9.47 Å². The third kappa shape index (κ3) is 7.13. The topological polar surface area (TPSA) is 30.5 Å². The summed E-state index contributed by atoms with van der Waals surface area (Å²) in [5.41, 5.74) is 3.57. The molecule has 0 spiro atoms. The molecule has 2 aromatic rings. The van der Waals surface area contributed by atoms with Gasteiger partial charge in [0.05, 0.1) is 19.8 Å². The van der Waals surface area contributed by atoms with E-state index < -0.39 is 11.6 Å². The van der Waals surface area contributed by atoms with Gasteiger partial charge in [-0.25, -0.2) is 8.78 Å². The Hall–Kier alpha value is -1.53. The average Bonchev–Trinajstić information content (AvgIpc) is 2.63. The molecule has 0 aliphatic rings. The number of halogens is 3. The molecule has 0 aliphatic heterocycles. The lowest BCUT2D eigenvalue weighted by Gasteiger charge is -2.22. The first kappa shape index (κ1) is 24.5. The summed E-state index contributed by atoms with van der Waals surface area (Å²) in [6.07, 6.45) is 0. The molecule has 0 heterocycles. The molecule has 0 aromatic heterocycles. The normalized spacial score (nSPS) is 11.9. The quantitative estimate of drug-likeness (QED) is 0.530. The fourth-order valence-electron chi connectivity index (χ4n) is 3.25. The van der Waals surface area contributed by atoms with E-state index in [1.165, 1.54) is 34.9 Å². The van der Waals surface area contributed by atoms with Crippen LogP contribution in [-0.2, 0) is 16.1 Å². The molecule has 2 rings (SSSR count). The molecule has 0 bridgehead atoms. The number of benzene rings is 2. The van der Waals surface area contributed by atoms with Crippen LogP contribution in [0.2, 0.25) is 0 Å². The highest BCUT2D eigenvalue weighted by atomic mass is 35.5. The molecule has 0 fully saturated rings. The van der Waals surface area contributed by atoms with E-state index in [-0.39, 0.29) is 30.5 Å². The molecule has 6 heteroatoms. The van der Waals surface area contributed by atoms with Crippen molar-refractivity contribution in [3.05, 3.63) is 70.3 Å². The second kappa shape index (κ2) is 12.8. The highest BCUT2D eigenvalue weighted by molar-refractivity contribution is 5.85. The van der Waals surface area contributed by atoms with Gasteiger partial charge in [0.1, 0.15) is 11.6 Å². The summed E-state index contributed by atoms with van der Waals surface area (Å²) in [4.78, 5) is 0. The Balaban J connectivity index is 0.00000392. The van der Waals surface area contributed by atoms with Gasteiger partial charge in [0.15, 0.2) is 0 Å². The lowest BCUT2D eigenvalue weighted by Crippen LogP contribution is -2.28. The van der Waals surface area contributed by atoms with Gasteiger partial charge in [-0.1, -0.05) is 24.3 Å². The molecule has 1 unspecified atom stereocenters. The first-order chi connectivity index (χ1) is 13.0. The minimum atomic E-state index is -0.575. The number of hydrogen-bond acceptors (Lipinski definition) is 3. The molecule has 2 aromatic carbocycles. The van der Waals surface area contributed by atoms with Gasteiger partial charge in [-0.3, -0.25) is 0 Å². The molecule has 0 saturated carbocycles. The van der Waals surface area contributed by atoms with E-state index in [1.54, 1.807) is 0 Å². The van der Waals surface area contributed by atoms with Gasteiger partial charge < -0.3 is 14.8 Å². The SMILES string of the molecule is CCOCCNCC(COCc1c(F)cccc1F)c1c(C)cccc1C.Cl. The number of aryl methyl sites for hydroxylation is 2. The van der Waals surface area contributed by atoms with E-state index in [9.17, 15) is 8.78 Å². The predicted octanol–water partition coefficient (Wildman–Crippen LogP) is 4.93. The van der Waals surface area contributed by atoms with Crippen molar-refractivity contribution >= 4 is 12.4 Å². The van der Waals surface area contributed by atoms with Gasteiger partial charge in [0.2, 0.25) is 0 Å². The van der Waals surface area contributed by atoms with E-state index in [0.717, 1.165) is 6.54 Å². The third-order valence-electron chi connectivity index (χ3n) is 4.60. The van der Waals surface area contributed by atoms with Crippen molar-refractivity contribution in [2.75, 3.05) is 32.9 Å². The zero-order chi connectivity index (χ0) is 19.6. The standard InChI is InChI=1S/C22H29F2NO2.ClH/c1-4-26-12-11-25-13-18(22-16(2)7-5-8-17(22)3)14-27-15-19-20(23)9-6-10-21(19)24;/h5-10,18,25H,4,11-15H2,1-3H3;1H. The summed E-state index contributed by atoms with van der Waals surface area (Å²) in [5.74, 6) is -1.07. The molecule has 28 heavy (non-hydrogen) atoms. The highest BCUT2D eigenvalue weighted by Gasteiger charge is 2.17. The summed E-state index contributed by atoms with van der Waals surface area (Å²) in [6.45, 7) is 9.21. The number of hydrogen-bond donors (Lipinski definition) is 1. The molecule has 0 amide bonds. The van der Waals surface area contributed by atoms with Gasteiger partial charge in [0, 0.05) is 31.2 Å². The summed E-state index contributed by atoms with van der Waals surface area (Å²) < 4.78 is 38.7. The Kier molecular flexibility index (Phi) is 11.2. The van der Waals surface area contributed by atoms with Crippen LogP contribution in [0.15, 0.2) is 36.4 Å². The Labute approximate surface area is 172 Å². The average molecular weight is 414 g/mol. The first-order valence-electron chi connectivity index (χ1n) is 9.39. The van der Waals surface area contributed by atoms with Gasteiger partial charge >= 0.3 is 0 Å². The van der Waals surface area contributed by atoms with Crippen LogP contribution >= 0.6 is 12.4 Å². The smallest absolute Gasteiger partial charge is 0.131 e. The lowest BCUT2D eigenvalue weighted by atomic mass is 9.91. The molecular weight excluding hydrogens is 384 g/mol. The Morgan fingerprint density at radius 2 is 1.57 bits per heavy atom. The third-order valence-corrected chi connectivity index (χ3v) is 4.60. The van der Waals surface area contributed by atoms with Crippen LogP contribution in [0.25, 0.3) is 0 Å². The first-order valence-corrected chi connectivity index (χ1v) is 9.39. The van der Waals surface area contributed by atoms with E-state index in [1.807, 2.05) is 13.0 Å². The predicted molar refractivity (Wildman–Crippen MR) is 111 cm³/mol. The monoisotopic (exact) mass is 413 g/mol. The van der Waals surface area contributed by atoms with Crippen LogP contribution in [0.1, 0.15) is 35.1 Å². The maximum Gasteiger partial charge on any atom is 0.131 e. The Morgan fingerprint density at radius 1 is 0.964 bits per heavy atom. The van der Waals surface area contributed by atoms with Gasteiger partial charge in [-0.05, 0) is 49.6 Å². The minimum Gasteiger partial charge on any atom is -0.380 e. The maximum absolute atomic E-state index is 13.8. The fraction of sp³-hybridized carbons (Fsp3) is 0.455. The van der Waals surface area contributed by atoms with Crippen LogP contribution in [0.4, 0.5) is 8.78 Å². The van der Waals surface area contributed by atoms with E-state index in [2.05, 4.69) is 31.3 Å². The summed E-state index contributed by atoms with van der Waals surface area (Å²) in [7, 11) is 0. The summed E-state index contributed by atoms with van der Waals surface area (Å²) in [6, 6.07) is 10.0. The van der Waals surface area contributed by atoms with Crippen molar-refractivity contribution < 1.29 is 18.3 Å². The zero-order valence-electron chi connectivity index (χ0n) is 16.8. The van der Waals surface area contributed by atoms with Crippen LogP contribution in [0, 0.1) is 25.5 Å². The van der Waals surface area contributed by atoms with Crippen molar-refractivity contribution in [1.29, 1.82) is 0 Å². The van der Waals surface area contributed by atoms with E-state index >= 15 is 0 Å². The van der Waals surface area contributed by atoms with Crippen LogP contribution in [-0.4, -0.2) is 32.9 Å². The Morgan fingerprint density at radius 3 is 2.18 bits per heavy atom. The van der Waals surface area contributed by atoms with Crippen molar-refractivity contribution in [3.63, 3.8) is 0 Å². The van der Waals surface area contributed by atoms with Crippen LogP contribution < -0.4 is 5.32 Å². The largest absolute Gasteiger partial charge is 0.380 e. The molecular formula is C22H30ClF2NO2. The minimum absolute atomic E-state index is 0. The van der Waals surface area contributed by atoms with Crippen molar-refractivity contribution in [1.82, 2.24) is 5.32 Å². The molecule has 1 N–H and O–H groups in total.